The summed E-state index contributed by atoms with van der Waals surface area (Å²) in [5, 5.41) is 0. The van der Waals surface area contributed by atoms with Crippen molar-refractivity contribution in [1.82, 2.24) is 0 Å². The zero-order valence-corrected chi connectivity index (χ0v) is 22.0. The second-order valence-corrected chi connectivity index (χ2v) is 14.7. The molecule has 0 aliphatic heterocycles. The molecule has 0 N–H and O–H groups in total. The van der Waals surface area contributed by atoms with E-state index in [2.05, 4.69) is 0 Å². The van der Waals surface area contributed by atoms with E-state index in [4.69, 9.17) is 0 Å². The zero-order chi connectivity index (χ0) is 27.8. The number of thiol groups is 1. The molecule has 3 aromatic rings. The minimum absolute atomic E-state index is 0.00689. The van der Waals surface area contributed by atoms with Gasteiger partial charge in [0, 0.05) is 0 Å². The second-order valence-electron chi connectivity index (χ2n) is 7.90. The Kier molecular flexibility index (Phi) is 8.11. The van der Waals surface area contributed by atoms with Crippen molar-refractivity contribution in [3.8, 4) is 0 Å². The number of benzene rings is 3. The molecule has 0 fully saturated rings. The topological polar surface area (TPSA) is 68.3 Å². The molecule has 0 atom stereocenters. The van der Waals surface area contributed by atoms with Crippen molar-refractivity contribution < 1.29 is 43.2 Å². The summed E-state index contributed by atoms with van der Waals surface area (Å²) in [4.78, 5) is -0.388. The van der Waals surface area contributed by atoms with E-state index in [0.717, 1.165) is 0 Å². The number of halogens is 6. The maximum atomic E-state index is 13.6. The van der Waals surface area contributed by atoms with E-state index in [1.807, 2.05) is 0 Å². The van der Waals surface area contributed by atoms with Gasteiger partial charge in [-0.2, -0.15) is 37.2 Å². The summed E-state index contributed by atoms with van der Waals surface area (Å²) in [6.07, 6.45) is -10.2. The predicted molar refractivity (Wildman–Crippen MR) is 129 cm³/mol. The molecule has 3 rings (SSSR count). The highest BCUT2D eigenvalue weighted by atomic mass is 32.2. The van der Waals surface area contributed by atoms with Gasteiger partial charge in [-0.15, -0.1) is 0 Å². The summed E-state index contributed by atoms with van der Waals surface area (Å²) in [5.41, 5.74) is -3.06. The van der Waals surface area contributed by atoms with Gasteiger partial charge in [-0.05, 0) is 69.3 Å². The molecule has 13 heteroatoms. The van der Waals surface area contributed by atoms with E-state index in [1.165, 1.54) is 62.4 Å². The van der Waals surface area contributed by atoms with Crippen molar-refractivity contribution in [3.63, 3.8) is 0 Å². The van der Waals surface area contributed by atoms with Crippen molar-refractivity contribution in [2.24, 2.45) is 0 Å². The van der Waals surface area contributed by atoms with Crippen LogP contribution >= 0.6 is 10.9 Å². The van der Waals surface area contributed by atoms with E-state index in [1.54, 1.807) is 0 Å². The molecule has 0 aliphatic rings. The Labute approximate surface area is 213 Å². The van der Waals surface area contributed by atoms with Crippen LogP contribution in [-0.2, 0) is 32.0 Å². The van der Waals surface area contributed by atoms with Crippen molar-refractivity contribution >= 4 is 30.6 Å². The summed E-state index contributed by atoms with van der Waals surface area (Å²) in [6, 6.07) is 11.6. The minimum atomic E-state index is -5.10. The lowest BCUT2D eigenvalue weighted by Gasteiger charge is -2.26. The molecule has 0 radical (unpaired) electrons. The third kappa shape index (κ3) is 6.50. The summed E-state index contributed by atoms with van der Waals surface area (Å²) >= 11 is 0. The smallest absolute Gasteiger partial charge is 0.224 e. The monoisotopic (exact) mass is 584 g/mol. The lowest BCUT2D eigenvalue weighted by atomic mass is 10.1. The Morgan fingerprint density at radius 2 is 0.973 bits per heavy atom. The van der Waals surface area contributed by atoms with Gasteiger partial charge in [-0.3, -0.25) is 0 Å². The fraction of sp³-hybridized carbons (Fsp3) is 0.250. The van der Waals surface area contributed by atoms with Gasteiger partial charge in [0.15, 0.2) is 19.7 Å². The Balaban J connectivity index is 2.40. The Morgan fingerprint density at radius 3 is 1.30 bits per heavy atom. The van der Waals surface area contributed by atoms with Crippen LogP contribution in [0.3, 0.4) is 0 Å². The van der Waals surface area contributed by atoms with Crippen molar-refractivity contribution in [2.45, 2.75) is 50.7 Å². The average molecular weight is 585 g/mol. The van der Waals surface area contributed by atoms with Gasteiger partial charge in [0.25, 0.3) is 0 Å². The Hall–Kier alpha value is -2.51. The number of sulfone groups is 2. The fourth-order valence-electron chi connectivity index (χ4n) is 3.48. The molecular weight excluding hydrogens is 562 g/mol. The molecule has 37 heavy (non-hydrogen) atoms. The number of hydrogen-bond acceptors (Lipinski definition) is 4. The first-order valence-corrected chi connectivity index (χ1v) is 15.4. The quantitative estimate of drug-likeness (QED) is 0.245. The molecular formula is C24H22F6O4S3. The normalized spacial score (nSPS) is 13.5. The molecule has 0 saturated carbocycles. The third-order valence-electron chi connectivity index (χ3n) is 5.46. The van der Waals surface area contributed by atoms with Gasteiger partial charge in [-0.1, -0.05) is 26.0 Å². The molecule has 202 valence electrons. The van der Waals surface area contributed by atoms with E-state index in [-0.39, 0.29) is 42.0 Å². The molecule has 0 saturated heterocycles. The van der Waals surface area contributed by atoms with E-state index in [9.17, 15) is 43.2 Å². The van der Waals surface area contributed by atoms with Crippen molar-refractivity contribution in [3.05, 3.63) is 77.9 Å². The zero-order valence-electron chi connectivity index (χ0n) is 19.4. The highest BCUT2D eigenvalue weighted by Crippen LogP contribution is 2.54. The van der Waals surface area contributed by atoms with Gasteiger partial charge < -0.3 is 0 Å². The highest BCUT2D eigenvalue weighted by molar-refractivity contribution is 8.17. The standard InChI is InChI=1S/C24H22F6O4S3/c1-3-36(31,32)21-9-5-7-18(14-21)35(19-8-6-10-22(15-19)37(33,34)4-2)20-12-16(23(25,26)27)11-17(13-20)24(28,29)30/h5-15,35H,3-4H2,1-2H3. The lowest BCUT2D eigenvalue weighted by molar-refractivity contribution is -0.143. The maximum absolute atomic E-state index is 13.6. The van der Waals surface area contributed by atoms with Crippen LogP contribution in [0, 0.1) is 0 Å². The maximum Gasteiger partial charge on any atom is 0.416 e. The van der Waals surface area contributed by atoms with Crippen LogP contribution in [0.4, 0.5) is 26.3 Å². The number of hydrogen-bond donors (Lipinski definition) is 1. The largest absolute Gasteiger partial charge is 0.416 e. The van der Waals surface area contributed by atoms with Gasteiger partial charge in [0.05, 0.1) is 32.4 Å². The SMILES string of the molecule is CCS(=O)(=O)c1cccc([SH](c2cc(C(F)(F)F)cc(C(F)(F)F)c2)c2cccc(S(=O)(=O)CC)c2)c1. The summed E-state index contributed by atoms with van der Waals surface area (Å²) < 4.78 is 132. The van der Waals surface area contributed by atoms with Crippen LogP contribution in [0.25, 0.3) is 0 Å². The van der Waals surface area contributed by atoms with Gasteiger partial charge >= 0.3 is 12.4 Å². The molecule has 3 aromatic carbocycles. The first-order valence-electron chi connectivity index (χ1n) is 10.7. The van der Waals surface area contributed by atoms with E-state index >= 15 is 0 Å². The minimum Gasteiger partial charge on any atom is -0.224 e. The molecule has 0 bridgehead atoms. The predicted octanol–water partition coefficient (Wildman–Crippen LogP) is 6.79. The van der Waals surface area contributed by atoms with E-state index in [0.29, 0.717) is 12.1 Å². The fourth-order valence-corrected chi connectivity index (χ4v) is 7.94. The molecule has 0 aliphatic carbocycles. The van der Waals surface area contributed by atoms with Crippen LogP contribution < -0.4 is 0 Å². The number of alkyl halides is 6. The molecule has 0 unspecified atom stereocenters. The third-order valence-corrected chi connectivity index (χ3v) is 11.3. The summed E-state index contributed by atoms with van der Waals surface area (Å²) in [6.45, 7) is 2.79. The van der Waals surface area contributed by atoms with Gasteiger partial charge in [0.1, 0.15) is 0 Å². The highest BCUT2D eigenvalue weighted by Gasteiger charge is 2.37. The molecule has 0 amide bonds. The van der Waals surface area contributed by atoms with Crippen LogP contribution in [0.5, 0.6) is 0 Å². The average Bonchev–Trinajstić information content (AvgIpc) is 2.83. The number of rotatable bonds is 7. The Bertz CT molecular complexity index is 1400. The molecule has 0 aromatic heterocycles. The summed E-state index contributed by atoms with van der Waals surface area (Å²) in [7, 11) is -9.76. The first kappa shape index (κ1) is 29.1. The summed E-state index contributed by atoms with van der Waals surface area (Å²) in [5.74, 6) is -0.555. The lowest BCUT2D eigenvalue weighted by Crippen LogP contribution is -2.11. The van der Waals surface area contributed by atoms with E-state index < -0.39 is 54.0 Å². The second kappa shape index (κ2) is 10.3. The van der Waals surface area contributed by atoms with Gasteiger partial charge in [-0.25, -0.2) is 16.8 Å². The van der Waals surface area contributed by atoms with Crippen LogP contribution in [-0.4, -0.2) is 28.3 Å². The van der Waals surface area contributed by atoms with Crippen LogP contribution in [0.15, 0.2) is 91.2 Å². The van der Waals surface area contributed by atoms with Crippen LogP contribution in [0.2, 0.25) is 0 Å². The molecule has 4 nitrogen and oxygen atoms in total. The van der Waals surface area contributed by atoms with Crippen LogP contribution in [0.1, 0.15) is 25.0 Å². The first-order chi connectivity index (χ1) is 17.0. The van der Waals surface area contributed by atoms with Crippen molar-refractivity contribution in [1.29, 1.82) is 0 Å². The molecule has 0 heterocycles. The Morgan fingerprint density at radius 1 is 0.595 bits per heavy atom. The van der Waals surface area contributed by atoms with Crippen molar-refractivity contribution in [2.75, 3.05) is 11.5 Å². The van der Waals surface area contributed by atoms with Gasteiger partial charge in [0.2, 0.25) is 0 Å². The molecule has 0 spiro atoms.